The largest absolute Gasteiger partial charge is 0.365 e. The lowest BCUT2D eigenvalue weighted by atomic mass is 10.0. The van der Waals surface area contributed by atoms with Gasteiger partial charge in [0.25, 0.3) is 5.91 Å². The molecule has 5 nitrogen and oxygen atoms in total. The third kappa shape index (κ3) is 4.26. The zero-order chi connectivity index (χ0) is 12.7. The van der Waals surface area contributed by atoms with Gasteiger partial charge < -0.3 is 19.5 Å². The van der Waals surface area contributed by atoms with Crippen molar-refractivity contribution in [3.63, 3.8) is 0 Å². The quantitative estimate of drug-likeness (QED) is 0.682. The van der Waals surface area contributed by atoms with Crippen molar-refractivity contribution < 1.29 is 19.0 Å². The summed E-state index contributed by atoms with van der Waals surface area (Å²) in [5, 5.41) is 2.82. The van der Waals surface area contributed by atoms with Crippen LogP contribution >= 0.6 is 0 Å². The molecule has 0 spiro atoms. The Morgan fingerprint density at radius 1 is 1.41 bits per heavy atom. The lowest BCUT2D eigenvalue weighted by molar-refractivity contribution is -0.150. The van der Waals surface area contributed by atoms with Crippen LogP contribution in [-0.2, 0) is 19.0 Å². The number of carbonyl (C=O) groups is 1. The van der Waals surface area contributed by atoms with E-state index < -0.39 is 5.60 Å². The Bertz CT molecular complexity index is 233. The first kappa shape index (κ1) is 14.4. The van der Waals surface area contributed by atoms with Gasteiger partial charge in [-0.15, -0.1) is 0 Å². The summed E-state index contributed by atoms with van der Waals surface area (Å²) in [6, 6.07) is 0. The molecule has 0 aromatic carbocycles. The van der Waals surface area contributed by atoms with Crippen LogP contribution < -0.4 is 5.32 Å². The number of hydrogen-bond donors (Lipinski definition) is 1. The first-order valence-corrected chi connectivity index (χ1v) is 6.28. The van der Waals surface area contributed by atoms with Crippen LogP contribution in [0.4, 0.5) is 0 Å². The highest BCUT2D eigenvalue weighted by molar-refractivity contribution is 5.84. The summed E-state index contributed by atoms with van der Waals surface area (Å²) in [6.07, 6.45) is 1.33. The summed E-state index contributed by atoms with van der Waals surface area (Å²) in [7, 11) is 0. The fraction of sp³-hybridized carbons (Fsp3) is 0.917. The summed E-state index contributed by atoms with van der Waals surface area (Å²) in [5.41, 5.74) is -0.678. The summed E-state index contributed by atoms with van der Waals surface area (Å²) >= 11 is 0. The number of ether oxygens (including phenoxy) is 3. The van der Waals surface area contributed by atoms with Crippen LogP contribution in [0.25, 0.3) is 0 Å². The predicted molar refractivity (Wildman–Crippen MR) is 63.6 cm³/mol. The lowest BCUT2D eigenvalue weighted by Gasteiger charge is -2.24. The van der Waals surface area contributed by atoms with E-state index in [1.165, 1.54) is 0 Å². The van der Waals surface area contributed by atoms with Crippen molar-refractivity contribution in [1.82, 2.24) is 5.32 Å². The van der Waals surface area contributed by atoms with Crippen molar-refractivity contribution in [2.75, 3.05) is 26.4 Å². The SMILES string of the molecule is CCOC(CNC(=O)C1(C)CCCO1)OCC. The number of carbonyl (C=O) groups excluding carboxylic acids is 1. The fourth-order valence-electron chi connectivity index (χ4n) is 1.86. The van der Waals surface area contributed by atoms with Crippen molar-refractivity contribution in [2.45, 2.75) is 45.5 Å². The monoisotopic (exact) mass is 245 g/mol. The fourth-order valence-corrected chi connectivity index (χ4v) is 1.86. The van der Waals surface area contributed by atoms with E-state index in [-0.39, 0.29) is 12.2 Å². The van der Waals surface area contributed by atoms with Gasteiger partial charge in [-0.3, -0.25) is 4.79 Å². The smallest absolute Gasteiger partial charge is 0.252 e. The molecule has 1 rings (SSSR count). The van der Waals surface area contributed by atoms with E-state index >= 15 is 0 Å². The van der Waals surface area contributed by atoms with Gasteiger partial charge in [0.15, 0.2) is 6.29 Å². The maximum absolute atomic E-state index is 11.9. The van der Waals surface area contributed by atoms with Crippen LogP contribution in [0.3, 0.4) is 0 Å². The van der Waals surface area contributed by atoms with Gasteiger partial charge in [-0.25, -0.2) is 0 Å². The van der Waals surface area contributed by atoms with Gasteiger partial charge in [0.2, 0.25) is 0 Å². The van der Waals surface area contributed by atoms with Crippen molar-refractivity contribution in [3.8, 4) is 0 Å². The van der Waals surface area contributed by atoms with Crippen LogP contribution in [0.1, 0.15) is 33.6 Å². The molecular weight excluding hydrogens is 222 g/mol. The van der Waals surface area contributed by atoms with E-state index in [1.807, 2.05) is 20.8 Å². The first-order chi connectivity index (χ1) is 8.12. The van der Waals surface area contributed by atoms with Crippen LogP contribution in [-0.4, -0.2) is 44.2 Å². The molecule has 0 bridgehead atoms. The van der Waals surface area contributed by atoms with E-state index in [9.17, 15) is 4.79 Å². The lowest BCUT2D eigenvalue weighted by Crippen LogP contribution is -2.47. The van der Waals surface area contributed by atoms with E-state index in [0.29, 0.717) is 26.4 Å². The zero-order valence-corrected chi connectivity index (χ0v) is 11.0. The van der Waals surface area contributed by atoms with Crippen LogP contribution in [0.5, 0.6) is 0 Å². The van der Waals surface area contributed by atoms with Crippen molar-refractivity contribution in [3.05, 3.63) is 0 Å². The molecule has 0 aromatic rings. The van der Waals surface area contributed by atoms with Crippen LogP contribution in [0, 0.1) is 0 Å². The molecular formula is C12H23NO4. The number of hydrogen-bond acceptors (Lipinski definition) is 4. The Balaban J connectivity index is 2.34. The number of rotatable bonds is 7. The highest BCUT2D eigenvalue weighted by Gasteiger charge is 2.37. The maximum Gasteiger partial charge on any atom is 0.252 e. The van der Waals surface area contributed by atoms with Gasteiger partial charge in [-0.05, 0) is 33.6 Å². The average molecular weight is 245 g/mol. The molecule has 0 radical (unpaired) electrons. The highest BCUT2D eigenvalue weighted by atomic mass is 16.7. The second-order valence-electron chi connectivity index (χ2n) is 4.23. The molecule has 1 atom stereocenters. The molecule has 0 aliphatic carbocycles. The Kier molecular flexibility index (Phi) is 5.88. The van der Waals surface area contributed by atoms with Gasteiger partial charge in [0.1, 0.15) is 5.60 Å². The van der Waals surface area contributed by atoms with Gasteiger partial charge in [0, 0.05) is 19.8 Å². The molecule has 1 aliphatic rings. The molecule has 1 unspecified atom stereocenters. The molecule has 1 saturated heterocycles. The van der Waals surface area contributed by atoms with Crippen molar-refractivity contribution >= 4 is 5.91 Å². The number of amides is 1. The molecule has 5 heteroatoms. The third-order valence-corrected chi connectivity index (χ3v) is 2.83. The standard InChI is InChI=1S/C12H23NO4/c1-4-15-10(16-5-2)9-13-11(14)12(3)7-6-8-17-12/h10H,4-9H2,1-3H3,(H,13,14). The number of nitrogens with one attached hydrogen (secondary N) is 1. The maximum atomic E-state index is 11.9. The van der Waals surface area contributed by atoms with Crippen LogP contribution in [0.15, 0.2) is 0 Å². The van der Waals surface area contributed by atoms with E-state index in [2.05, 4.69) is 5.32 Å². The third-order valence-electron chi connectivity index (χ3n) is 2.83. The molecule has 0 saturated carbocycles. The molecule has 1 heterocycles. The normalized spacial score (nSPS) is 24.2. The summed E-state index contributed by atoms with van der Waals surface area (Å²) in [4.78, 5) is 11.9. The minimum absolute atomic E-state index is 0.0839. The Morgan fingerprint density at radius 3 is 2.53 bits per heavy atom. The second-order valence-corrected chi connectivity index (χ2v) is 4.23. The minimum Gasteiger partial charge on any atom is -0.365 e. The summed E-state index contributed by atoms with van der Waals surface area (Å²) < 4.78 is 16.2. The summed E-state index contributed by atoms with van der Waals surface area (Å²) in [6.45, 7) is 7.77. The second kappa shape index (κ2) is 6.93. The van der Waals surface area contributed by atoms with Gasteiger partial charge in [0.05, 0.1) is 6.54 Å². The van der Waals surface area contributed by atoms with E-state index in [1.54, 1.807) is 0 Å². The Morgan fingerprint density at radius 2 is 2.06 bits per heavy atom. The average Bonchev–Trinajstić information content (AvgIpc) is 2.74. The molecule has 1 N–H and O–H groups in total. The van der Waals surface area contributed by atoms with Gasteiger partial charge in [-0.2, -0.15) is 0 Å². The van der Waals surface area contributed by atoms with Crippen molar-refractivity contribution in [2.24, 2.45) is 0 Å². The first-order valence-electron chi connectivity index (χ1n) is 6.28. The molecule has 17 heavy (non-hydrogen) atoms. The van der Waals surface area contributed by atoms with Gasteiger partial charge >= 0.3 is 0 Å². The Hall–Kier alpha value is -0.650. The molecule has 0 aromatic heterocycles. The van der Waals surface area contributed by atoms with Gasteiger partial charge in [-0.1, -0.05) is 0 Å². The zero-order valence-electron chi connectivity index (χ0n) is 11.0. The molecule has 1 amide bonds. The highest BCUT2D eigenvalue weighted by Crippen LogP contribution is 2.24. The molecule has 1 aliphatic heterocycles. The van der Waals surface area contributed by atoms with Crippen LogP contribution in [0.2, 0.25) is 0 Å². The summed E-state index contributed by atoms with van der Waals surface area (Å²) in [5.74, 6) is -0.0839. The molecule has 100 valence electrons. The topological polar surface area (TPSA) is 56.8 Å². The van der Waals surface area contributed by atoms with E-state index in [0.717, 1.165) is 12.8 Å². The predicted octanol–water partition coefficient (Wildman–Crippen LogP) is 1.07. The van der Waals surface area contributed by atoms with Crippen molar-refractivity contribution in [1.29, 1.82) is 0 Å². The Labute approximate surface area is 103 Å². The molecule has 1 fully saturated rings. The minimum atomic E-state index is -0.678. The van der Waals surface area contributed by atoms with E-state index in [4.69, 9.17) is 14.2 Å².